The van der Waals surface area contributed by atoms with Crippen molar-refractivity contribution in [3.05, 3.63) is 85.1 Å². The van der Waals surface area contributed by atoms with E-state index in [0.29, 0.717) is 23.9 Å². The number of likely N-dealkylation sites (N-methyl/N-ethyl adjacent to an activating group) is 1. The molecule has 10 heteroatoms. The molecule has 0 fully saturated rings. The van der Waals surface area contributed by atoms with Gasteiger partial charge in [0.1, 0.15) is 19.3 Å². The second kappa shape index (κ2) is 58.4. The zero-order valence-electron chi connectivity index (χ0n) is 52.3. The van der Waals surface area contributed by atoms with Crippen molar-refractivity contribution < 1.29 is 37.3 Å². The highest BCUT2D eigenvalue weighted by molar-refractivity contribution is 7.45. The minimum atomic E-state index is -4.70. The van der Waals surface area contributed by atoms with Gasteiger partial charge in [-0.1, -0.05) is 273 Å². The lowest BCUT2D eigenvalue weighted by Crippen LogP contribution is -2.47. The van der Waals surface area contributed by atoms with E-state index in [-0.39, 0.29) is 24.9 Å². The number of carbonyl (C=O) groups is 2. The van der Waals surface area contributed by atoms with E-state index >= 15 is 0 Å². The van der Waals surface area contributed by atoms with Gasteiger partial charge in [-0.2, -0.15) is 0 Å². The van der Waals surface area contributed by atoms with Crippen molar-refractivity contribution in [2.75, 3.05) is 40.9 Å². The first-order valence-electron chi connectivity index (χ1n) is 32.9. The van der Waals surface area contributed by atoms with Crippen molar-refractivity contribution in [3.8, 4) is 0 Å². The third kappa shape index (κ3) is 59.6. The Hall–Kier alpha value is -2.81. The summed E-state index contributed by atoms with van der Waals surface area (Å²) >= 11 is 0. The molecule has 0 aromatic heterocycles. The van der Waals surface area contributed by atoms with Gasteiger partial charge in [0.2, 0.25) is 5.91 Å². The van der Waals surface area contributed by atoms with Crippen molar-refractivity contribution in [1.82, 2.24) is 5.32 Å². The molecule has 1 N–H and O–H groups in total. The number of quaternary nitrogens is 1. The summed E-state index contributed by atoms with van der Waals surface area (Å²) < 4.78 is 30.3. The van der Waals surface area contributed by atoms with Gasteiger partial charge in [-0.15, -0.1) is 0 Å². The van der Waals surface area contributed by atoms with Crippen molar-refractivity contribution in [3.63, 3.8) is 0 Å². The number of ether oxygens (including phenoxy) is 1. The average molecular weight is 1130 g/mol. The number of phosphoric ester groups is 1. The van der Waals surface area contributed by atoms with Gasteiger partial charge in [0, 0.05) is 12.8 Å². The van der Waals surface area contributed by atoms with E-state index in [1.54, 1.807) is 0 Å². The quantitative estimate of drug-likeness (QED) is 0.0161. The van der Waals surface area contributed by atoms with Crippen molar-refractivity contribution in [2.24, 2.45) is 0 Å². The summed E-state index contributed by atoms with van der Waals surface area (Å²) in [5, 5.41) is 3.03. The molecule has 0 saturated heterocycles. The molecule has 0 aliphatic carbocycles. The topological polar surface area (TPSA) is 114 Å². The minimum Gasteiger partial charge on any atom is -0.756 e. The monoisotopic (exact) mass is 1120 g/mol. The SMILES string of the molecule is CC/C=C/C=C/C=C/CCCCCCCCCC(=O)OC(/C=C\CCCCCCCCCCC)C(COP(=O)([O-])OCC[N+](C)(C)C)NC(=O)CCCCCCCCCCCCCCCC/C=C\C/C=C\C/C=C\CCCCC. The Morgan fingerprint density at radius 3 is 1.34 bits per heavy atom. The van der Waals surface area contributed by atoms with E-state index in [1.807, 2.05) is 33.3 Å². The van der Waals surface area contributed by atoms with Crippen LogP contribution in [0, 0.1) is 0 Å². The fraction of sp³-hybridized carbons (Fsp3) is 0.768. The first kappa shape index (κ1) is 76.2. The van der Waals surface area contributed by atoms with Gasteiger partial charge in [0.25, 0.3) is 7.82 Å². The standard InChI is InChI=1S/C69H125N2O7P/c1-7-10-13-16-19-22-25-27-29-30-31-32-33-34-35-36-37-38-39-40-42-43-46-49-52-55-58-61-68(72)70-66(65-77-79(74,75)76-64-63-71(4,5)6)67(60-57-54-51-48-45-24-21-18-15-12-9-3)78-69(73)62-59-56-53-50-47-44-41-28-26-23-20-17-14-11-8-2/h11,14,17,19-20,22-23,26-27,29,31-32,57,60,66-67H,7-10,12-13,15-16,18,21,24-25,28,30,33-56,58-59,61-65H2,1-6H3,(H-,70,72,74,75)/b14-11+,20-17+,22-19-,26-23+,29-27-,32-31-,60-57-. The minimum absolute atomic E-state index is 0.0270. The molecule has 0 aromatic rings. The van der Waals surface area contributed by atoms with Crippen LogP contribution in [-0.2, 0) is 27.9 Å². The van der Waals surface area contributed by atoms with E-state index in [0.717, 1.165) is 83.5 Å². The summed E-state index contributed by atoms with van der Waals surface area (Å²) in [7, 11) is 1.17. The van der Waals surface area contributed by atoms with Crippen LogP contribution in [0.3, 0.4) is 0 Å². The maximum atomic E-state index is 13.6. The van der Waals surface area contributed by atoms with Crippen molar-refractivity contribution >= 4 is 19.7 Å². The number of unbranched alkanes of at least 4 members (excludes halogenated alkanes) is 33. The number of rotatable bonds is 59. The van der Waals surface area contributed by atoms with Gasteiger partial charge < -0.3 is 28.5 Å². The van der Waals surface area contributed by atoms with Crippen LogP contribution in [0.15, 0.2) is 85.1 Å². The number of allylic oxidation sites excluding steroid dienone is 13. The van der Waals surface area contributed by atoms with E-state index in [4.69, 9.17) is 13.8 Å². The van der Waals surface area contributed by atoms with Crippen LogP contribution in [0.25, 0.3) is 0 Å². The van der Waals surface area contributed by atoms with E-state index in [1.165, 1.54) is 167 Å². The molecule has 1 amide bonds. The summed E-state index contributed by atoms with van der Waals surface area (Å²) in [6, 6.07) is -0.897. The maximum absolute atomic E-state index is 13.6. The zero-order valence-corrected chi connectivity index (χ0v) is 53.2. The average Bonchev–Trinajstić information content (AvgIpc) is 3.41. The number of phosphoric acid groups is 1. The van der Waals surface area contributed by atoms with E-state index in [2.05, 4.69) is 99.0 Å². The molecule has 3 atom stereocenters. The predicted octanol–water partition coefficient (Wildman–Crippen LogP) is 19.9. The number of hydrogen-bond donors (Lipinski definition) is 1. The third-order valence-corrected chi connectivity index (χ3v) is 15.3. The smallest absolute Gasteiger partial charge is 0.306 e. The molecular weight excluding hydrogens is 1000 g/mol. The fourth-order valence-electron chi connectivity index (χ4n) is 9.29. The zero-order chi connectivity index (χ0) is 57.9. The first-order valence-corrected chi connectivity index (χ1v) is 34.4. The molecule has 458 valence electrons. The molecular formula is C69H125N2O7P. The Balaban J connectivity index is 5.02. The van der Waals surface area contributed by atoms with Crippen LogP contribution in [-0.4, -0.2) is 69.4 Å². The summed E-state index contributed by atoms with van der Waals surface area (Å²) in [5.74, 6) is -0.554. The van der Waals surface area contributed by atoms with E-state index in [9.17, 15) is 19.0 Å². The highest BCUT2D eigenvalue weighted by atomic mass is 31.2. The Kier molecular flexibility index (Phi) is 56.3. The van der Waals surface area contributed by atoms with Gasteiger partial charge in [-0.05, 0) is 89.5 Å². The third-order valence-electron chi connectivity index (χ3n) is 14.4. The lowest BCUT2D eigenvalue weighted by atomic mass is 10.0. The fourth-order valence-corrected chi connectivity index (χ4v) is 10.0. The molecule has 0 heterocycles. The Labute approximate surface area is 488 Å². The second-order valence-electron chi connectivity index (χ2n) is 23.3. The maximum Gasteiger partial charge on any atom is 0.306 e. The summed E-state index contributed by atoms with van der Waals surface area (Å²) in [6.07, 6.45) is 77.0. The normalized spacial score (nSPS) is 14.2. The van der Waals surface area contributed by atoms with Crippen molar-refractivity contribution in [2.45, 2.75) is 303 Å². The molecule has 0 aliphatic heterocycles. The Morgan fingerprint density at radius 2 is 0.861 bits per heavy atom. The van der Waals surface area contributed by atoms with Crippen LogP contribution in [0.5, 0.6) is 0 Å². The van der Waals surface area contributed by atoms with Gasteiger partial charge in [-0.3, -0.25) is 14.2 Å². The van der Waals surface area contributed by atoms with Crippen LogP contribution in [0.2, 0.25) is 0 Å². The molecule has 0 spiro atoms. The first-order chi connectivity index (χ1) is 38.4. The van der Waals surface area contributed by atoms with Crippen LogP contribution in [0.4, 0.5) is 0 Å². The molecule has 0 saturated carbocycles. The van der Waals surface area contributed by atoms with Gasteiger partial charge in [0.05, 0.1) is 33.8 Å². The molecule has 3 unspecified atom stereocenters. The van der Waals surface area contributed by atoms with Gasteiger partial charge in [-0.25, -0.2) is 0 Å². The molecule has 79 heavy (non-hydrogen) atoms. The summed E-state index contributed by atoms with van der Waals surface area (Å²) in [4.78, 5) is 40.0. The van der Waals surface area contributed by atoms with Crippen molar-refractivity contribution in [1.29, 1.82) is 0 Å². The molecule has 0 bridgehead atoms. The van der Waals surface area contributed by atoms with E-state index < -0.39 is 26.6 Å². The number of hydrogen-bond acceptors (Lipinski definition) is 7. The molecule has 0 radical (unpaired) electrons. The second-order valence-corrected chi connectivity index (χ2v) is 24.7. The molecule has 9 nitrogen and oxygen atoms in total. The number of nitrogens with one attached hydrogen (secondary N) is 1. The summed E-state index contributed by atoms with van der Waals surface area (Å²) in [5.41, 5.74) is 0. The highest BCUT2D eigenvalue weighted by Crippen LogP contribution is 2.38. The number of carbonyl (C=O) groups excluding carboxylic acids is 2. The largest absolute Gasteiger partial charge is 0.756 e. The lowest BCUT2D eigenvalue weighted by molar-refractivity contribution is -0.870. The Morgan fingerprint density at radius 1 is 0.468 bits per heavy atom. The van der Waals surface area contributed by atoms with Crippen LogP contribution >= 0.6 is 7.82 Å². The molecule has 0 aromatic carbocycles. The van der Waals surface area contributed by atoms with Gasteiger partial charge in [0.15, 0.2) is 0 Å². The molecule has 0 rings (SSSR count). The highest BCUT2D eigenvalue weighted by Gasteiger charge is 2.27. The molecule has 0 aliphatic rings. The Bertz CT molecular complexity index is 1630. The van der Waals surface area contributed by atoms with Gasteiger partial charge >= 0.3 is 5.97 Å². The predicted molar refractivity (Wildman–Crippen MR) is 339 cm³/mol. The number of esters is 1. The number of nitrogens with zero attached hydrogens (tertiary/aromatic N) is 1. The number of amides is 1. The lowest BCUT2D eigenvalue weighted by Gasteiger charge is -2.30. The van der Waals surface area contributed by atoms with Crippen LogP contribution < -0.4 is 10.2 Å². The van der Waals surface area contributed by atoms with Crippen LogP contribution in [0.1, 0.15) is 290 Å². The summed E-state index contributed by atoms with van der Waals surface area (Å²) in [6.45, 7) is 6.68.